The van der Waals surface area contributed by atoms with E-state index in [4.69, 9.17) is 21.4 Å². The van der Waals surface area contributed by atoms with Gasteiger partial charge in [0, 0.05) is 17.9 Å². The summed E-state index contributed by atoms with van der Waals surface area (Å²) in [5.41, 5.74) is 4.08. The maximum atomic E-state index is 12.4. The molecule has 4 rings (SSSR count). The smallest absolute Gasteiger partial charge is 0.226 e. The van der Waals surface area contributed by atoms with Crippen LogP contribution in [0, 0.1) is 6.92 Å². The second-order valence-corrected chi connectivity index (χ2v) is 7.10. The molecule has 0 aliphatic carbocycles. The number of amides is 1. The number of rotatable bonds is 4. The van der Waals surface area contributed by atoms with Gasteiger partial charge >= 0.3 is 0 Å². The third-order valence-corrected chi connectivity index (χ3v) is 5.22. The molecule has 1 N–H and O–H groups in total. The summed E-state index contributed by atoms with van der Waals surface area (Å²) >= 11 is 6.32. The molecular formula is C21H20ClN3O2. The van der Waals surface area contributed by atoms with Crippen molar-refractivity contribution in [3.8, 4) is 5.75 Å². The molecule has 138 valence electrons. The number of methoxy groups -OCH3 is 1. The molecule has 3 aromatic rings. The number of ether oxygens (including phenoxy) is 1. The standard InChI is InChI=1S/C21H20ClN3O2/c1-13-20-16(15-8-9-18(27-2)17(22)10-15)11-19(26)23-21(20)25(24-13)12-14-6-4-3-5-7-14/h3-10,16H,11-12H2,1-2H3,(H,23,26). The second-order valence-electron chi connectivity index (χ2n) is 6.69. The number of aryl methyl sites for hydroxylation is 1. The van der Waals surface area contributed by atoms with Crippen molar-refractivity contribution in [3.05, 3.63) is 75.9 Å². The third-order valence-electron chi connectivity index (χ3n) is 4.92. The molecule has 6 heteroatoms. The van der Waals surface area contributed by atoms with Gasteiger partial charge in [0.25, 0.3) is 0 Å². The highest BCUT2D eigenvalue weighted by atomic mass is 35.5. The molecule has 0 bridgehead atoms. The van der Waals surface area contributed by atoms with Crippen molar-refractivity contribution in [1.29, 1.82) is 0 Å². The van der Waals surface area contributed by atoms with Gasteiger partial charge in [0.1, 0.15) is 11.6 Å². The second kappa shape index (κ2) is 7.08. The lowest BCUT2D eigenvalue weighted by atomic mass is 9.86. The van der Waals surface area contributed by atoms with Crippen LogP contribution >= 0.6 is 11.6 Å². The van der Waals surface area contributed by atoms with E-state index >= 15 is 0 Å². The molecule has 5 nitrogen and oxygen atoms in total. The van der Waals surface area contributed by atoms with E-state index in [-0.39, 0.29) is 11.8 Å². The van der Waals surface area contributed by atoms with Crippen LogP contribution in [0.2, 0.25) is 5.02 Å². The first-order chi connectivity index (χ1) is 13.1. The Hall–Kier alpha value is -2.79. The number of fused-ring (bicyclic) bond motifs is 1. The van der Waals surface area contributed by atoms with Gasteiger partial charge in [-0.15, -0.1) is 0 Å². The number of hydrogen-bond donors (Lipinski definition) is 1. The van der Waals surface area contributed by atoms with E-state index in [1.165, 1.54) is 0 Å². The highest BCUT2D eigenvalue weighted by Gasteiger charge is 2.32. The van der Waals surface area contributed by atoms with E-state index in [0.29, 0.717) is 23.7 Å². The molecule has 1 aliphatic rings. The molecule has 27 heavy (non-hydrogen) atoms. The topological polar surface area (TPSA) is 56.1 Å². The SMILES string of the molecule is COc1ccc(C2CC(=O)Nc3c2c(C)nn3Cc2ccccc2)cc1Cl. The summed E-state index contributed by atoms with van der Waals surface area (Å²) in [4.78, 5) is 12.4. The minimum Gasteiger partial charge on any atom is -0.495 e. The minimum atomic E-state index is -0.0818. The van der Waals surface area contributed by atoms with E-state index in [9.17, 15) is 4.79 Å². The van der Waals surface area contributed by atoms with Crippen LogP contribution in [0.3, 0.4) is 0 Å². The van der Waals surface area contributed by atoms with Crippen molar-refractivity contribution in [2.45, 2.75) is 25.8 Å². The Kier molecular flexibility index (Phi) is 4.62. The van der Waals surface area contributed by atoms with Crippen molar-refractivity contribution in [2.24, 2.45) is 0 Å². The van der Waals surface area contributed by atoms with E-state index in [2.05, 4.69) is 17.4 Å². The van der Waals surface area contributed by atoms with Crippen molar-refractivity contribution >= 4 is 23.3 Å². The van der Waals surface area contributed by atoms with Gasteiger partial charge in [0.2, 0.25) is 5.91 Å². The Morgan fingerprint density at radius 1 is 1.26 bits per heavy atom. The molecule has 0 saturated carbocycles. The van der Waals surface area contributed by atoms with Crippen molar-refractivity contribution < 1.29 is 9.53 Å². The van der Waals surface area contributed by atoms with Crippen LogP contribution in [0.25, 0.3) is 0 Å². The Balaban J connectivity index is 1.76. The number of benzene rings is 2. The average molecular weight is 382 g/mol. The van der Waals surface area contributed by atoms with Crippen molar-refractivity contribution in [3.63, 3.8) is 0 Å². The number of aromatic nitrogens is 2. The van der Waals surface area contributed by atoms with Gasteiger partial charge in [-0.1, -0.05) is 48.0 Å². The lowest BCUT2D eigenvalue weighted by molar-refractivity contribution is -0.116. The maximum Gasteiger partial charge on any atom is 0.226 e. The van der Waals surface area contributed by atoms with Gasteiger partial charge in [-0.05, 0) is 30.2 Å². The van der Waals surface area contributed by atoms with Crippen LogP contribution < -0.4 is 10.1 Å². The first-order valence-corrected chi connectivity index (χ1v) is 9.19. The largest absolute Gasteiger partial charge is 0.495 e. The number of halogens is 1. The first-order valence-electron chi connectivity index (χ1n) is 8.81. The monoisotopic (exact) mass is 381 g/mol. The molecule has 0 saturated heterocycles. The summed E-state index contributed by atoms with van der Waals surface area (Å²) in [5, 5.41) is 8.25. The quantitative estimate of drug-likeness (QED) is 0.729. The van der Waals surface area contributed by atoms with Crippen molar-refractivity contribution in [2.75, 3.05) is 12.4 Å². The van der Waals surface area contributed by atoms with Gasteiger partial charge in [0.15, 0.2) is 0 Å². The molecule has 1 unspecified atom stereocenters. The van der Waals surface area contributed by atoms with E-state index in [1.807, 2.05) is 48.0 Å². The minimum absolute atomic E-state index is 0.0198. The fraction of sp³-hybridized carbons (Fsp3) is 0.238. The van der Waals surface area contributed by atoms with Crippen LogP contribution in [0.4, 0.5) is 5.82 Å². The fourth-order valence-electron chi connectivity index (χ4n) is 3.67. The van der Waals surface area contributed by atoms with E-state index < -0.39 is 0 Å². The van der Waals surface area contributed by atoms with Crippen LogP contribution in [-0.2, 0) is 11.3 Å². The van der Waals surface area contributed by atoms with E-state index in [1.54, 1.807) is 7.11 Å². The molecule has 2 heterocycles. The Morgan fingerprint density at radius 2 is 2.04 bits per heavy atom. The molecule has 1 atom stereocenters. The van der Waals surface area contributed by atoms with Crippen LogP contribution in [0.5, 0.6) is 5.75 Å². The summed E-state index contributed by atoms with van der Waals surface area (Å²) in [6, 6.07) is 15.8. The molecule has 0 radical (unpaired) electrons. The van der Waals surface area contributed by atoms with Gasteiger partial charge in [-0.25, -0.2) is 4.68 Å². The summed E-state index contributed by atoms with van der Waals surface area (Å²) in [7, 11) is 1.59. The molecule has 0 spiro atoms. The Bertz CT molecular complexity index is 998. The van der Waals surface area contributed by atoms with Crippen LogP contribution in [0.15, 0.2) is 48.5 Å². The lowest BCUT2D eigenvalue weighted by Gasteiger charge is -2.25. The zero-order chi connectivity index (χ0) is 19.0. The normalized spacial score (nSPS) is 16.0. The molecule has 1 amide bonds. The maximum absolute atomic E-state index is 12.4. The van der Waals surface area contributed by atoms with Gasteiger partial charge < -0.3 is 10.1 Å². The Morgan fingerprint density at radius 3 is 2.74 bits per heavy atom. The molecule has 0 fully saturated rings. The summed E-state index contributed by atoms with van der Waals surface area (Å²) in [6.45, 7) is 2.59. The number of carbonyl (C=O) groups is 1. The Labute approximate surface area is 162 Å². The average Bonchev–Trinajstić information content (AvgIpc) is 2.97. The highest BCUT2D eigenvalue weighted by Crippen LogP contribution is 2.41. The molecular weight excluding hydrogens is 362 g/mol. The highest BCUT2D eigenvalue weighted by molar-refractivity contribution is 6.32. The molecule has 1 aromatic heterocycles. The predicted molar refractivity (Wildman–Crippen MR) is 106 cm³/mol. The molecule has 1 aliphatic heterocycles. The van der Waals surface area contributed by atoms with Gasteiger partial charge in [0.05, 0.1) is 24.4 Å². The summed E-state index contributed by atoms with van der Waals surface area (Å²) in [6.07, 6.45) is 0.369. The van der Waals surface area contributed by atoms with Gasteiger partial charge in [-0.2, -0.15) is 5.10 Å². The predicted octanol–water partition coefficient (Wildman–Crippen LogP) is 4.38. The zero-order valence-corrected chi connectivity index (χ0v) is 16.0. The summed E-state index contributed by atoms with van der Waals surface area (Å²) in [5.74, 6) is 1.29. The fourth-order valence-corrected chi connectivity index (χ4v) is 3.94. The van der Waals surface area contributed by atoms with Gasteiger partial charge in [-0.3, -0.25) is 4.79 Å². The zero-order valence-electron chi connectivity index (χ0n) is 15.2. The summed E-state index contributed by atoms with van der Waals surface area (Å²) < 4.78 is 7.11. The van der Waals surface area contributed by atoms with Crippen molar-refractivity contribution in [1.82, 2.24) is 9.78 Å². The third kappa shape index (κ3) is 3.30. The number of nitrogens with zero attached hydrogens (tertiary/aromatic N) is 2. The lowest BCUT2D eigenvalue weighted by Crippen LogP contribution is -2.25. The number of anilines is 1. The first kappa shape index (κ1) is 17.6. The van der Waals surface area contributed by atoms with E-state index in [0.717, 1.165) is 28.2 Å². The van der Waals surface area contributed by atoms with Crippen LogP contribution in [0.1, 0.15) is 34.7 Å². The van der Waals surface area contributed by atoms with Crippen LogP contribution in [-0.4, -0.2) is 22.8 Å². The number of carbonyl (C=O) groups excluding carboxylic acids is 1. The molecule has 2 aromatic carbocycles. The number of nitrogens with one attached hydrogen (secondary N) is 1. The number of hydrogen-bond acceptors (Lipinski definition) is 3.